The second-order valence-corrected chi connectivity index (χ2v) is 7.61. The monoisotopic (exact) mass is 319 g/mol. The molecule has 0 aromatic rings. The Balaban J connectivity index is 2.61. The van der Waals surface area contributed by atoms with Gasteiger partial charge in [-0.25, -0.2) is 17.9 Å². The van der Waals surface area contributed by atoms with Gasteiger partial charge in [-0.05, 0) is 25.7 Å². The molecule has 3 amide bonds. The molecule has 1 aliphatic heterocycles. The minimum atomic E-state index is -3.24. The molecule has 8 heteroatoms. The highest BCUT2D eigenvalue weighted by Gasteiger charge is 2.51. The lowest BCUT2D eigenvalue weighted by atomic mass is 9.84. The Morgan fingerprint density at radius 3 is 2.33 bits per heavy atom. The van der Waals surface area contributed by atoms with Crippen molar-refractivity contribution in [2.45, 2.75) is 46.1 Å². The Kier molecular flexibility index (Phi) is 5.75. The molecule has 7 nitrogen and oxygen atoms in total. The van der Waals surface area contributed by atoms with Gasteiger partial charge < -0.3 is 5.32 Å². The molecule has 0 radical (unpaired) electrons. The van der Waals surface area contributed by atoms with Gasteiger partial charge in [-0.15, -0.1) is 0 Å². The second kappa shape index (κ2) is 6.74. The first-order valence-electron chi connectivity index (χ1n) is 7.31. The van der Waals surface area contributed by atoms with Crippen LogP contribution in [-0.2, 0) is 14.8 Å². The summed E-state index contributed by atoms with van der Waals surface area (Å²) in [5, 5.41) is 2.78. The van der Waals surface area contributed by atoms with E-state index in [1.165, 1.54) is 4.90 Å². The van der Waals surface area contributed by atoms with Crippen LogP contribution in [0.2, 0.25) is 0 Å². The summed E-state index contributed by atoms with van der Waals surface area (Å²) >= 11 is 0. The summed E-state index contributed by atoms with van der Waals surface area (Å²) in [4.78, 5) is 25.6. The lowest BCUT2D eigenvalue weighted by Crippen LogP contribution is -2.51. The molecule has 0 aliphatic carbocycles. The fourth-order valence-electron chi connectivity index (χ4n) is 2.45. The molecule has 0 spiro atoms. The van der Waals surface area contributed by atoms with Crippen LogP contribution in [0.1, 0.15) is 40.5 Å². The fraction of sp³-hybridized carbons (Fsp3) is 0.846. The van der Waals surface area contributed by atoms with Crippen molar-refractivity contribution in [2.75, 3.05) is 18.8 Å². The van der Waals surface area contributed by atoms with E-state index in [2.05, 4.69) is 10.0 Å². The van der Waals surface area contributed by atoms with E-state index in [0.29, 0.717) is 12.8 Å². The van der Waals surface area contributed by atoms with E-state index in [1.807, 2.05) is 20.8 Å². The van der Waals surface area contributed by atoms with Crippen LogP contribution in [-0.4, -0.2) is 49.6 Å². The number of amides is 3. The zero-order valence-corrected chi connectivity index (χ0v) is 13.9. The highest BCUT2D eigenvalue weighted by molar-refractivity contribution is 7.89. The van der Waals surface area contributed by atoms with Gasteiger partial charge in [0, 0.05) is 13.1 Å². The van der Waals surface area contributed by atoms with Gasteiger partial charge in [0.2, 0.25) is 10.0 Å². The third-order valence-corrected chi connectivity index (χ3v) is 5.41. The highest BCUT2D eigenvalue weighted by Crippen LogP contribution is 2.29. The average Bonchev–Trinajstić information content (AvgIpc) is 2.67. The van der Waals surface area contributed by atoms with Crippen LogP contribution >= 0.6 is 0 Å². The number of carbonyl (C=O) groups excluding carboxylic acids is 2. The summed E-state index contributed by atoms with van der Waals surface area (Å²) in [6, 6.07) is -0.395. The van der Waals surface area contributed by atoms with E-state index in [0.717, 1.165) is 0 Å². The minimum Gasteiger partial charge on any atom is -0.323 e. The van der Waals surface area contributed by atoms with Gasteiger partial charge in [-0.1, -0.05) is 20.8 Å². The lowest BCUT2D eigenvalue weighted by Gasteiger charge is -2.29. The minimum absolute atomic E-state index is 0.00236. The van der Waals surface area contributed by atoms with Crippen molar-refractivity contribution in [1.82, 2.24) is 14.9 Å². The Labute approximate surface area is 126 Å². The quantitative estimate of drug-likeness (QED) is 0.508. The molecule has 0 aromatic carbocycles. The highest BCUT2D eigenvalue weighted by atomic mass is 32.2. The number of urea groups is 1. The molecular formula is C13H25N3O4S. The van der Waals surface area contributed by atoms with Gasteiger partial charge in [-0.2, -0.15) is 0 Å². The molecule has 0 bridgehead atoms. The molecule has 0 unspecified atom stereocenters. The topological polar surface area (TPSA) is 95.6 Å². The van der Waals surface area contributed by atoms with Gasteiger partial charge in [0.15, 0.2) is 0 Å². The number of hydrogen-bond donors (Lipinski definition) is 2. The first-order valence-corrected chi connectivity index (χ1v) is 8.96. The van der Waals surface area contributed by atoms with E-state index in [4.69, 9.17) is 0 Å². The Morgan fingerprint density at radius 2 is 1.90 bits per heavy atom. The zero-order valence-electron chi connectivity index (χ0n) is 13.1. The summed E-state index contributed by atoms with van der Waals surface area (Å²) in [6.07, 6.45) is 0.935. The Bertz CT molecular complexity index is 504. The normalized spacial score (nSPS) is 23.0. The van der Waals surface area contributed by atoms with E-state index in [9.17, 15) is 18.0 Å². The van der Waals surface area contributed by atoms with Crippen LogP contribution in [0.25, 0.3) is 0 Å². The van der Waals surface area contributed by atoms with Gasteiger partial charge in [-0.3, -0.25) is 9.69 Å². The summed E-state index contributed by atoms with van der Waals surface area (Å²) in [7, 11) is -3.24. The van der Waals surface area contributed by atoms with Crippen molar-refractivity contribution in [3.05, 3.63) is 0 Å². The number of hydrogen-bond acceptors (Lipinski definition) is 4. The molecule has 0 aromatic heterocycles. The molecule has 1 rings (SSSR count). The van der Waals surface area contributed by atoms with Crippen LogP contribution in [0.5, 0.6) is 0 Å². The van der Waals surface area contributed by atoms with Crippen LogP contribution in [0.3, 0.4) is 0 Å². The zero-order chi connectivity index (χ0) is 16.3. The maximum Gasteiger partial charge on any atom is 0.325 e. The van der Waals surface area contributed by atoms with Crippen LogP contribution in [0, 0.1) is 5.92 Å². The van der Waals surface area contributed by atoms with Gasteiger partial charge >= 0.3 is 6.03 Å². The van der Waals surface area contributed by atoms with Crippen LogP contribution in [0.15, 0.2) is 0 Å². The number of nitrogens with one attached hydrogen (secondary N) is 2. The number of rotatable bonds is 8. The van der Waals surface area contributed by atoms with Crippen molar-refractivity contribution >= 4 is 22.0 Å². The van der Waals surface area contributed by atoms with Crippen molar-refractivity contribution in [3.8, 4) is 0 Å². The number of sulfonamides is 1. The van der Waals surface area contributed by atoms with E-state index >= 15 is 0 Å². The predicted molar refractivity (Wildman–Crippen MR) is 80.2 cm³/mol. The molecule has 0 saturated carbocycles. The van der Waals surface area contributed by atoms with Crippen molar-refractivity contribution in [2.24, 2.45) is 5.92 Å². The first-order chi connectivity index (χ1) is 9.70. The van der Waals surface area contributed by atoms with Crippen molar-refractivity contribution in [1.29, 1.82) is 0 Å². The van der Waals surface area contributed by atoms with Crippen molar-refractivity contribution < 1.29 is 18.0 Å². The van der Waals surface area contributed by atoms with E-state index in [-0.39, 0.29) is 30.7 Å². The standard InChI is InChI=1S/C13H25N3O4S/c1-5-13(10(3)4)11(17)16(12(18)15-13)9-7-8-14-21(19,20)6-2/h10,14H,5-9H2,1-4H3,(H,15,18)/t13-/m0/s1. The maximum atomic E-state index is 12.5. The Morgan fingerprint density at radius 1 is 1.29 bits per heavy atom. The van der Waals surface area contributed by atoms with E-state index < -0.39 is 21.6 Å². The summed E-state index contributed by atoms with van der Waals surface area (Å²) < 4.78 is 25.0. The first kappa shape index (κ1) is 17.9. The van der Waals surface area contributed by atoms with Crippen LogP contribution in [0.4, 0.5) is 4.79 Å². The largest absolute Gasteiger partial charge is 0.325 e. The maximum absolute atomic E-state index is 12.5. The predicted octanol–water partition coefficient (Wildman–Crippen LogP) is 0.672. The second-order valence-electron chi connectivity index (χ2n) is 5.52. The van der Waals surface area contributed by atoms with E-state index in [1.54, 1.807) is 6.92 Å². The molecular weight excluding hydrogens is 294 g/mol. The molecule has 1 fully saturated rings. The summed E-state index contributed by atoms with van der Waals surface area (Å²) in [5.74, 6) is -0.200. The van der Waals surface area contributed by atoms with Crippen LogP contribution < -0.4 is 10.0 Å². The number of imide groups is 1. The lowest BCUT2D eigenvalue weighted by molar-refractivity contribution is -0.133. The SMILES string of the molecule is CC[C@@]1(C(C)C)NC(=O)N(CCCNS(=O)(=O)CC)C1=O. The molecule has 1 atom stereocenters. The smallest absolute Gasteiger partial charge is 0.323 e. The van der Waals surface area contributed by atoms with Gasteiger partial charge in [0.1, 0.15) is 5.54 Å². The summed E-state index contributed by atoms with van der Waals surface area (Å²) in [5.41, 5.74) is -0.833. The molecule has 122 valence electrons. The number of carbonyl (C=O) groups is 2. The van der Waals surface area contributed by atoms with Crippen molar-refractivity contribution in [3.63, 3.8) is 0 Å². The molecule has 1 heterocycles. The Hall–Kier alpha value is -1.15. The molecule has 2 N–H and O–H groups in total. The number of nitrogens with zero attached hydrogens (tertiary/aromatic N) is 1. The van der Waals surface area contributed by atoms with Gasteiger partial charge in [0.25, 0.3) is 5.91 Å². The average molecular weight is 319 g/mol. The third-order valence-electron chi connectivity index (χ3n) is 4.01. The third kappa shape index (κ3) is 3.74. The molecule has 21 heavy (non-hydrogen) atoms. The molecule has 1 aliphatic rings. The van der Waals surface area contributed by atoms with Gasteiger partial charge in [0.05, 0.1) is 5.75 Å². The fourth-order valence-corrected chi connectivity index (χ4v) is 3.11. The molecule has 1 saturated heterocycles. The summed E-state index contributed by atoms with van der Waals surface area (Å²) in [6.45, 7) is 7.66.